The van der Waals surface area contributed by atoms with E-state index in [1.165, 1.54) is 10.8 Å². The van der Waals surface area contributed by atoms with Gasteiger partial charge in [0.25, 0.3) is 0 Å². The van der Waals surface area contributed by atoms with Crippen LogP contribution in [0, 0.1) is 11.3 Å². The van der Waals surface area contributed by atoms with Crippen molar-refractivity contribution in [2.75, 3.05) is 0 Å². The van der Waals surface area contributed by atoms with Crippen molar-refractivity contribution >= 4 is 43.6 Å². The van der Waals surface area contributed by atoms with E-state index in [-0.39, 0.29) is 0 Å². The molecule has 7 aromatic carbocycles. The largest absolute Gasteiger partial charge is 0.309 e. The number of pyridine rings is 1. The smallest absolute Gasteiger partial charge is 0.0991 e. The number of nitrogens with zero attached hydrogens (tertiary/aromatic N) is 4. The van der Waals surface area contributed by atoms with Gasteiger partial charge in [-0.15, -0.1) is 0 Å². The standard InChI is InChI=1S/C48H30N4/c49-31-32-23-25-45-41(27-32)39-24-26-46-47(40-21-10-11-22-44(40)51(46)37-18-8-3-9-19-37)48(39)52(45)38-20-12-17-35(28-38)43-30-36(33-13-4-1-5-14-33)29-42(50-43)34-15-6-2-7-16-34/h1-30H. The van der Waals surface area contributed by atoms with Crippen LogP contribution in [0.2, 0.25) is 0 Å². The van der Waals surface area contributed by atoms with Gasteiger partial charge in [0.2, 0.25) is 0 Å². The van der Waals surface area contributed by atoms with Crippen LogP contribution in [-0.2, 0) is 0 Å². The number of hydrogen-bond donors (Lipinski definition) is 0. The Balaban J connectivity index is 1.27. The summed E-state index contributed by atoms with van der Waals surface area (Å²) in [6.07, 6.45) is 0. The van der Waals surface area contributed by atoms with Gasteiger partial charge in [-0.3, -0.25) is 0 Å². The minimum absolute atomic E-state index is 0.641. The Morgan fingerprint density at radius 1 is 0.404 bits per heavy atom. The highest BCUT2D eigenvalue weighted by molar-refractivity contribution is 6.26. The molecule has 10 aromatic rings. The van der Waals surface area contributed by atoms with E-state index in [4.69, 9.17) is 4.98 Å². The fraction of sp³-hybridized carbons (Fsp3) is 0. The Morgan fingerprint density at radius 2 is 1.02 bits per heavy atom. The fourth-order valence-corrected chi connectivity index (χ4v) is 7.79. The van der Waals surface area contributed by atoms with Gasteiger partial charge >= 0.3 is 0 Å². The van der Waals surface area contributed by atoms with Crippen molar-refractivity contribution in [3.8, 4) is 51.1 Å². The van der Waals surface area contributed by atoms with E-state index in [1.807, 2.05) is 24.3 Å². The molecule has 0 saturated heterocycles. The number of para-hydroxylation sites is 2. The molecular weight excluding hydrogens is 633 g/mol. The van der Waals surface area contributed by atoms with E-state index in [1.54, 1.807) is 0 Å². The molecule has 4 nitrogen and oxygen atoms in total. The van der Waals surface area contributed by atoms with Crippen LogP contribution in [0.1, 0.15) is 5.56 Å². The molecule has 0 radical (unpaired) electrons. The van der Waals surface area contributed by atoms with E-state index in [0.29, 0.717) is 5.56 Å². The molecule has 3 aromatic heterocycles. The van der Waals surface area contributed by atoms with Gasteiger partial charge < -0.3 is 9.13 Å². The second-order valence-electron chi connectivity index (χ2n) is 13.1. The molecular formula is C48H30N4. The summed E-state index contributed by atoms with van der Waals surface area (Å²) in [5.74, 6) is 0. The average molecular weight is 663 g/mol. The molecule has 10 rings (SSSR count). The van der Waals surface area contributed by atoms with Gasteiger partial charge in [-0.05, 0) is 77.9 Å². The van der Waals surface area contributed by atoms with Crippen LogP contribution in [0.25, 0.3) is 88.6 Å². The molecule has 0 spiro atoms. The van der Waals surface area contributed by atoms with Crippen molar-refractivity contribution in [2.24, 2.45) is 0 Å². The molecule has 0 aliphatic carbocycles. The van der Waals surface area contributed by atoms with Crippen LogP contribution in [0.4, 0.5) is 0 Å². The maximum Gasteiger partial charge on any atom is 0.0991 e. The highest BCUT2D eigenvalue weighted by atomic mass is 15.0. The molecule has 0 aliphatic heterocycles. The van der Waals surface area contributed by atoms with Crippen molar-refractivity contribution < 1.29 is 0 Å². The quantitative estimate of drug-likeness (QED) is 0.184. The van der Waals surface area contributed by atoms with Crippen LogP contribution in [0.15, 0.2) is 182 Å². The third kappa shape index (κ3) is 4.72. The predicted molar refractivity (Wildman–Crippen MR) is 214 cm³/mol. The summed E-state index contributed by atoms with van der Waals surface area (Å²) in [4.78, 5) is 5.25. The Morgan fingerprint density at radius 3 is 1.79 bits per heavy atom. The van der Waals surface area contributed by atoms with E-state index in [0.717, 1.165) is 77.9 Å². The van der Waals surface area contributed by atoms with Crippen LogP contribution in [0.3, 0.4) is 0 Å². The van der Waals surface area contributed by atoms with E-state index in [2.05, 4.69) is 173 Å². The van der Waals surface area contributed by atoms with Gasteiger partial charge in [0.1, 0.15) is 0 Å². The molecule has 0 bridgehead atoms. The first-order valence-electron chi connectivity index (χ1n) is 17.4. The van der Waals surface area contributed by atoms with Crippen molar-refractivity contribution in [1.82, 2.24) is 14.1 Å². The average Bonchev–Trinajstić information content (AvgIpc) is 3.74. The first kappa shape index (κ1) is 29.7. The zero-order chi connectivity index (χ0) is 34.6. The Kier molecular flexibility index (Phi) is 6.84. The van der Waals surface area contributed by atoms with Gasteiger partial charge in [0.15, 0.2) is 0 Å². The Hall–Kier alpha value is -7.22. The van der Waals surface area contributed by atoms with E-state index < -0.39 is 0 Å². The topological polar surface area (TPSA) is 46.5 Å². The number of hydrogen-bond acceptors (Lipinski definition) is 2. The van der Waals surface area contributed by atoms with E-state index in [9.17, 15) is 5.26 Å². The van der Waals surface area contributed by atoms with Crippen molar-refractivity contribution in [3.63, 3.8) is 0 Å². The zero-order valence-corrected chi connectivity index (χ0v) is 28.1. The van der Waals surface area contributed by atoms with Crippen LogP contribution < -0.4 is 0 Å². The summed E-state index contributed by atoms with van der Waals surface area (Å²) in [6.45, 7) is 0. The summed E-state index contributed by atoms with van der Waals surface area (Å²) in [7, 11) is 0. The predicted octanol–water partition coefficient (Wildman–Crippen LogP) is 12.1. The molecule has 0 amide bonds. The number of rotatable bonds is 5. The molecule has 0 unspecified atom stereocenters. The lowest BCUT2D eigenvalue weighted by Crippen LogP contribution is -1.97. The third-order valence-corrected chi connectivity index (χ3v) is 10.1. The molecule has 0 atom stereocenters. The highest BCUT2D eigenvalue weighted by Crippen LogP contribution is 2.42. The molecule has 4 heteroatoms. The van der Waals surface area contributed by atoms with Crippen molar-refractivity contribution in [2.45, 2.75) is 0 Å². The van der Waals surface area contributed by atoms with Gasteiger partial charge in [-0.1, -0.05) is 115 Å². The maximum absolute atomic E-state index is 9.94. The van der Waals surface area contributed by atoms with E-state index >= 15 is 0 Å². The molecule has 0 saturated carbocycles. The monoisotopic (exact) mass is 662 g/mol. The second kappa shape index (κ2) is 12.0. The molecule has 52 heavy (non-hydrogen) atoms. The summed E-state index contributed by atoms with van der Waals surface area (Å²) in [6, 6.07) is 66.0. The lowest BCUT2D eigenvalue weighted by molar-refractivity contribution is 1.17. The number of aromatic nitrogens is 3. The van der Waals surface area contributed by atoms with Gasteiger partial charge in [0, 0.05) is 44.0 Å². The SMILES string of the molecule is N#Cc1ccc2c(c1)c1ccc3c(c4ccccc4n3-c3ccccc3)c1n2-c1cccc(-c2cc(-c3ccccc3)cc(-c3ccccc3)n2)c1. The van der Waals surface area contributed by atoms with Crippen molar-refractivity contribution in [1.29, 1.82) is 5.26 Å². The third-order valence-electron chi connectivity index (χ3n) is 10.1. The van der Waals surface area contributed by atoms with Gasteiger partial charge in [0.05, 0.1) is 45.1 Å². The Bertz CT molecular complexity index is 2940. The minimum atomic E-state index is 0.641. The minimum Gasteiger partial charge on any atom is -0.309 e. The van der Waals surface area contributed by atoms with Crippen LogP contribution >= 0.6 is 0 Å². The van der Waals surface area contributed by atoms with Crippen LogP contribution in [0.5, 0.6) is 0 Å². The zero-order valence-electron chi connectivity index (χ0n) is 28.1. The lowest BCUT2D eigenvalue weighted by Gasteiger charge is -2.13. The first-order chi connectivity index (χ1) is 25.7. The van der Waals surface area contributed by atoms with Gasteiger partial charge in [-0.2, -0.15) is 5.26 Å². The van der Waals surface area contributed by atoms with Gasteiger partial charge in [-0.25, -0.2) is 4.98 Å². The summed E-state index contributed by atoms with van der Waals surface area (Å²) < 4.78 is 4.73. The Labute approximate surface area is 300 Å². The summed E-state index contributed by atoms with van der Waals surface area (Å²) in [5.41, 5.74) is 13.4. The summed E-state index contributed by atoms with van der Waals surface area (Å²) in [5, 5.41) is 14.4. The first-order valence-corrected chi connectivity index (χ1v) is 17.4. The highest BCUT2D eigenvalue weighted by Gasteiger charge is 2.21. The number of nitriles is 1. The molecule has 242 valence electrons. The second-order valence-corrected chi connectivity index (χ2v) is 13.1. The number of fused-ring (bicyclic) bond motifs is 7. The molecule has 0 aliphatic rings. The van der Waals surface area contributed by atoms with Crippen molar-refractivity contribution in [3.05, 3.63) is 188 Å². The normalized spacial score (nSPS) is 11.4. The lowest BCUT2D eigenvalue weighted by atomic mass is 10.00. The molecule has 3 heterocycles. The molecule has 0 fully saturated rings. The number of benzene rings is 7. The van der Waals surface area contributed by atoms with Crippen LogP contribution in [-0.4, -0.2) is 14.1 Å². The summed E-state index contributed by atoms with van der Waals surface area (Å²) >= 11 is 0. The fourth-order valence-electron chi connectivity index (χ4n) is 7.79. The maximum atomic E-state index is 9.94. The molecule has 0 N–H and O–H groups in total.